The Labute approximate surface area is 164 Å². The standard InChI is InChI=1S/C25H30OSi/c1-18(26-27(3,4)5)25(2,23-14-19-10-6-7-11-20(19)15-23)24-16-21-12-8-9-13-22(21)17-24/h6-14,16,18H,15,17H2,1-5H3. The number of hydrogen-bond acceptors (Lipinski definition) is 1. The highest BCUT2D eigenvalue weighted by atomic mass is 28.4. The van der Waals surface area contributed by atoms with Crippen molar-refractivity contribution in [2.24, 2.45) is 5.41 Å². The summed E-state index contributed by atoms with van der Waals surface area (Å²) in [6.07, 6.45) is 7.05. The van der Waals surface area contributed by atoms with Crippen LogP contribution in [0.15, 0.2) is 59.7 Å². The van der Waals surface area contributed by atoms with Crippen molar-refractivity contribution in [3.8, 4) is 0 Å². The number of fused-ring (bicyclic) bond motifs is 2. The minimum atomic E-state index is -1.65. The number of hydrogen-bond donors (Lipinski definition) is 0. The molecule has 0 heterocycles. The van der Waals surface area contributed by atoms with E-state index in [4.69, 9.17) is 4.43 Å². The Morgan fingerprint density at radius 2 is 1.26 bits per heavy atom. The van der Waals surface area contributed by atoms with Gasteiger partial charge in [-0.3, -0.25) is 0 Å². The van der Waals surface area contributed by atoms with Crippen LogP contribution in [0.3, 0.4) is 0 Å². The van der Waals surface area contributed by atoms with Crippen molar-refractivity contribution >= 4 is 20.5 Å². The van der Waals surface area contributed by atoms with E-state index in [2.05, 4.69) is 94.2 Å². The van der Waals surface area contributed by atoms with Crippen LogP contribution >= 0.6 is 0 Å². The quantitative estimate of drug-likeness (QED) is 0.542. The first kappa shape index (κ1) is 18.5. The van der Waals surface area contributed by atoms with Crippen molar-refractivity contribution in [2.75, 3.05) is 0 Å². The third-order valence-corrected chi connectivity index (χ3v) is 7.27. The van der Waals surface area contributed by atoms with Crippen LogP contribution in [0.4, 0.5) is 0 Å². The molecule has 2 aliphatic carbocycles. The van der Waals surface area contributed by atoms with Crippen LogP contribution in [0.25, 0.3) is 12.2 Å². The Kier molecular flexibility index (Phi) is 4.52. The monoisotopic (exact) mass is 374 g/mol. The van der Waals surface area contributed by atoms with Gasteiger partial charge in [-0.2, -0.15) is 0 Å². The average Bonchev–Trinajstić information content (AvgIpc) is 3.23. The lowest BCUT2D eigenvalue weighted by Crippen LogP contribution is -2.42. The van der Waals surface area contributed by atoms with Crippen molar-refractivity contribution in [3.63, 3.8) is 0 Å². The summed E-state index contributed by atoms with van der Waals surface area (Å²) in [6, 6.07) is 17.6. The van der Waals surface area contributed by atoms with Crippen LogP contribution in [0.5, 0.6) is 0 Å². The topological polar surface area (TPSA) is 9.23 Å². The van der Waals surface area contributed by atoms with E-state index in [0.29, 0.717) is 0 Å². The predicted octanol–water partition coefficient (Wildman–Crippen LogP) is 6.51. The lowest BCUT2D eigenvalue weighted by atomic mass is 9.70. The molecular weight excluding hydrogens is 344 g/mol. The fourth-order valence-electron chi connectivity index (χ4n) is 4.60. The molecule has 0 amide bonds. The highest BCUT2D eigenvalue weighted by Gasteiger charge is 2.43. The normalized spacial score (nSPS) is 17.2. The minimum Gasteiger partial charge on any atom is -0.414 e. The van der Waals surface area contributed by atoms with E-state index >= 15 is 0 Å². The van der Waals surface area contributed by atoms with Crippen molar-refractivity contribution < 1.29 is 4.43 Å². The zero-order chi connectivity index (χ0) is 19.2. The Morgan fingerprint density at radius 1 is 0.815 bits per heavy atom. The van der Waals surface area contributed by atoms with E-state index in [1.54, 1.807) is 0 Å². The Bertz CT molecular complexity index is 866. The summed E-state index contributed by atoms with van der Waals surface area (Å²) in [7, 11) is -1.65. The lowest BCUT2D eigenvalue weighted by molar-refractivity contribution is 0.119. The molecule has 2 aliphatic rings. The van der Waals surface area contributed by atoms with Gasteiger partial charge in [0.1, 0.15) is 0 Å². The molecule has 0 saturated heterocycles. The summed E-state index contributed by atoms with van der Waals surface area (Å²) in [5.74, 6) is 0. The van der Waals surface area contributed by atoms with Gasteiger partial charge in [-0.25, -0.2) is 0 Å². The molecule has 0 saturated carbocycles. The van der Waals surface area contributed by atoms with Gasteiger partial charge < -0.3 is 4.43 Å². The molecule has 1 nitrogen and oxygen atoms in total. The summed E-state index contributed by atoms with van der Waals surface area (Å²) in [4.78, 5) is 0. The van der Waals surface area contributed by atoms with Crippen molar-refractivity contribution in [1.29, 1.82) is 0 Å². The molecule has 0 spiro atoms. The zero-order valence-electron chi connectivity index (χ0n) is 17.2. The third-order valence-electron chi connectivity index (χ3n) is 6.21. The Balaban J connectivity index is 1.76. The van der Waals surface area contributed by atoms with E-state index < -0.39 is 8.32 Å². The maximum Gasteiger partial charge on any atom is 0.184 e. The summed E-state index contributed by atoms with van der Waals surface area (Å²) in [5, 5.41) is 0. The lowest BCUT2D eigenvalue weighted by Gasteiger charge is -2.41. The fraction of sp³-hybridized carbons (Fsp3) is 0.360. The highest BCUT2D eigenvalue weighted by molar-refractivity contribution is 6.69. The summed E-state index contributed by atoms with van der Waals surface area (Å²) in [5.41, 5.74) is 8.52. The molecule has 0 radical (unpaired) electrons. The van der Waals surface area contributed by atoms with E-state index in [-0.39, 0.29) is 11.5 Å². The van der Waals surface area contributed by atoms with E-state index in [0.717, 1.165) is 12.8 Å². The average molecular weight is 375 g/mol. The molecule has 2 aromatic rings. The molecule has 27 heavy (non-hydrogen) atoms. The first-order valence-corrected chi connectivity index (χ1v) is 13.4. The maximum absolute atomic E-state index is 6.68. The fourth-order valence-corrected chi connectivity index (χ4v) is 5.90. The molecule has 0 aliphatic heterocycles. The molecule has 2 aromatic carbocycles. The largest absolute Gasteiger partial charge is 0.414 e. The van der Waals surface area contributed by atoms with Gasteiger partial charge in [0.05, 0.1) is 6.10 Å². The number of rotatable bonds is 5. The van der Waals surface area contributed by atoms with E-state index in [1.165, 1.54) is 33.4 Å². The van der Waals surface area contributed by atoms with Crippen molar-refractivity contribution in [3.05, 3.63) is 81.9 Å². The molecule has 0 fully saturated rings. The number of benzene rings is 2. The first-order chi connectivity index (χ1) is 12.8. The van der Waals surface area contributed by atoms with Gasteiger partial charge in [0.2, 0.25) is 0 Å². The van der Waals surface area contributed by atoms with Crippen LogP contribution < -0.4 is 0 Å². The highest BCUT2D eigenvalue weighted by Crippen LogP contribution is 2.49. The molecule has 1 unspecified atom stereocenters. The molecule has 140 valence electrons. The molecular formula is C25H30OSi. The first-order valence-electron chi connectivity index (χ1n) is 10.0. The Hall–Kier alpha value is -1.90. The van der Waals surface area contributed by atoms with Crippen molar-refractivity contribution in [2.45, 2.75) is 52.4 Å². The second kappa shape index (κ2) is 6.61. The van der Waals surface area contributed by atoms with Crippen LogP contribution in [0, 0.1) is 5.41 Å². The second-order valence-corrected chi connectivity index (χ2v) is 13.6. The van der Waals surface area contributed by atoms with Crippen LogP contribution in [-0.4, -0.2) is 14.4 Å². The van der Waals surface area contributed by atoms with Gasteiger partial charge in [-0.15, -0.1) is 0 Å². The second-order valence-electron chi connectivity index (χ2n) is 9.17. The Morgan fingerprint density at radius 3 is 1.67 bits per heavy atom. The van der Waals surface area contributed by atoms with Crippen LogP contribution in [0.1, 0.15) is 36.1 Å². The van der Waals surface area contributed by atoms with Gasteiger partial charge in [0.15, 0.2) is 8.32 Å². The van der Waals surface area contributed by atoms with Gasteiger partial charge in [-0.1, -0.05) is 71.8 Å². The van der Waals surface area contributed by atoms with Gasteiger partial charge in [0, 0.05) is 5.41 Å². The minimum absolute atomic E-state index is 0.0850. The predicted molar refractivity (Wildman–Crippen MR) is 118 cm³/mol. The van der Waals surface area contributed by atoms with Gasteiger partial charge in [0.25, 0.3) is 0 Å². The smallest absolute Gasteiger partial charge is 0.184 e. The van der Waals surface area contributed by atoms with E-state index in [1.807, 2.05) is 0 Å². The van der Waals surface area contributed by atoms with Gasteiger partial charge in [-0.05, 0) is 68.6 Å². The SMILES string of the molecule is CC(O[Si](C)(C)C)C(C)(C1=Cc2ccccc2C1)C1=Cc2ccccc2C1. The maximum atomic E-state index is 6.68. The van der Waals surface area contributed by atoms with E-state index in [9.17, 15) is 0 Å². The summed E-state index contributed by atoms with van der Waals surface area (Å²) in [6.45, 7) is 11.6. The third kappa shape index (κ3) is 3.37. The zero-order valence-corrected chi connectivity index (χ0v) is 18.2. The van der Waals surface area contributed by atoms with Crippen molar-refractivity contribution in [1.82, 2.24) is 0 Å². The molecule has 0 N–H and O–H groups in total. The molecule has 0 aromatic heterocycles. The molecule has 1 atom stereocenters. The summed E-state index contributed by atoms with van der Waals surface area (Å²) < 4.78 is 6.68. The molecule has 0 bridgehead atoms. The van der Waals surface area contributed by atoms with Crippen LogP contribution in [-0.2, 0) is 17.3 Å². The molecule has 2 heteroatoms. The summed E-state index contributed by atoms with van der Waals surface area (Å²) >= 11 is 0. The molecule has 4 rings (SSSR count). The van der Waals surface area contributed by atoms with Gasteiger partial charge >= 0.3 is 0 Å². The van der Waals surface area contributed by atoms with Crippen LogP contribution in [0.2, 0.25) is 19.6 Å².